The molecule has 2 rings (SSSR count). The molecule has 3 N–H and O–H groups in total. The number of halogens is 4. The van der Waals surface area contributed by atoms with Gasteiger partial charge in [-0.25, -0.2) is 0 Å². The fourth-order valence-electron chi connectivity index (χ4n) is 2.59. The number of hydrogen-bond donors (Lipinski definition) is 3. The molecular weight excluding hydrogens is 469 g/mol. The molecule has 32 heavy (non-hydrogen) atoms. The Morgan fingerprint density at radius 1 is 1.09 bits per heavy atom. The van der Waals surface area contributed by atoms with Gasteiger partial charge in [0, 0.05) is 17.0 Å². The van der Waals surface area contributed by atoms with Crippen LogP contribution < -0.4 is 10.6 Å². The first kappa shape index (κ1) is 25.5. The second-order valence-corrected chi connectivity index (χ2v) is 8.35. The summed E-state index contributed by atoms with van der Waals surface area (Å²) in [6.45, 7) is 1.75. The standard InChI is InChI=1S/C21H20ClF3N2O4S/c1-2-17(20(31)27-16-10-12(21(23,24)25)6-7-15(16)22)32-14-5-3-4-13(11-14)26-18(28)8-9-19(29)30/h3-7,10-11,17H,2,8-9H2,1H3,(H,26,28)(H,27,31)(H,29,30). The van der Waals surface area contributed by atoms with Crippen molar-refractivity contribution >= 4 is 52.5 Å². The summed E-state index contributed by atoms with van der Waals surface area (Å²) in [7, 11) is 0. The molecule has 0 spiro atoms. The molecule has 0 bridgehead atoms. The molecule has 1 unspecified atom stereocenters. The Kier molecular flexibility index (Phi) is 8.97. The van der Waals surface area contributed by atoms with Crippen LogP contribution in [0.5, 0.6) is 0 Å². The van der Waals surface area contributed by atoms with Crippen LogP contribution in [0, 0.1) is 0 Å². The van der Waals surface area contributed by atoms with Crippen LogP contribution in [0.25, 0.3) is 0 Å². The molecule has 11 heteroatoms. The smallest absolute Gasteiger partial charge is 0.416 e. The zero-order chi connectivity index (χ0) is 23.9. The van der Waals surface area contributed by atoms with Crippen LogP contribution in [0.4, 0.5) is 24.5 Å². The summed E-state index contributed by atoms with van der Waals surface area (Å²) in [5.41, 5.74) is -0.629. The first-order chi connectivity index (χ1) is 15.0. The van der Waals surface area contributed by atoms with E-state index in [1.165, 1.54) is 11.8 Å². The van der Waals surface area contributed by atoms with E-state index in [-0.39, 0.29) is 23.6 Å². The Balaban J connectivity index is 2.08. The number of carboxylic acids is 1. The SMILES string of the molecule is CCC(Sc1cccc(NC(=O)CCC(=O)O)c1)C(=O)Nc1cc(C(F)(F)F)ccc1Cl. The van der Waals surface area contributed by atoms with Crippen molar-refractivity contribution < 1.29 is 32.7 Å². The zero-order valence-corrected chi connectivity index (χ0v) is 18.4. The fourth-order valence-corrected chi connectivity index (χ4v) is 3.77. The average molecular weight is 489 g/mol. The zero-order valence-electron chi connectivity index (χ0n) is 16.8. The molecule has 0 heterocycles. The van der Waals surface area contributed by atoms with Gasteiger partial charge in [-0.15, -0.1) is 11.8 Å². The molecule has 0 fully saturated rings. The van der Waals surface area contributed by atoms with Crippen LogP contribution >= 0.6 is 23.4 Å². The van der Waals surface area contributed by atoms with Gasteiger partial charge in [0.2, 0.25) is 11.8 Å². The highest BCUT2D eigenvalue weighted by molar-refractivity contribution is 8.00. The molecule has 6 nitrogen and oxygen atoms in total. The molecule has 0 aliphatic heterocycles. The summed E-state index contributed by atoms with van der Waals surface area (Å²) in [5, 5.41) is 13.0. The molecule has 2 aromatic carbocycles. The van der Waals surface area contributed by atoms with Gasteiger partial charge in [-0.3, -0.25) is 14.4 Å². The number of aliphatic carboxylic acids is 1. The molecule has 172 valence electrons. The molecule has 0 saturated heterocycles. The van der Waals surface area contributed by atoms with E-state index >= 15 is 0 Å². The molecule has 1 atom stereocenters. The van der Waals surface area contributed by atoms with Gasteiger partial charge in [0.25, 0.3) is 0 Å². The monoisotopic (exact) mass is 488 g/mol. The molecule has 0 aliphatic carbocycles. The van der Waals surface area contributed by atoms with Gasteiger partial charge in [0.15, 0.2) is 0 Å². The highest BCUT2D eigenvalue weighted by Gasteiger charge is 2.31. The summed E-state index contributed by atoms with van der Waals surface area (Å²) in [4.78, 5) is 35.7. The minimum Gasteiger partial charge on any atom is -0.481 e. The van der Waals surface area contributed by atoms with E-state index in [2.05, 4.69) is 10.6 Å². The lowest BCUT2D eigenvalue weighted by Crippen LogP contribution is -2.25. The maximum Gasteiger partial charge on any atom is 0.416 e. The van der Waals surface area contributed by atoms with Gasteiger partial charge in [-0.2, -0.15) is 13.2 Å². The van der Waals surface area contributed by atoms with Crippen molar-refractivity contribution in [3.8, 4) is 0 Å². The lowest BCUT2D eigenvalue weighted by molar-refractivity contribution is -0.138. The predicted molar refractivity (Wildman–Crippen MR) is 117 cm³/mol. The van der Waals surface area contributed by atoms with Gasteiger partial charge in [-0.1, -0.05) is 24.6 Å². The van der Waals surface area contributed by atoms with E-state index in [1.807, 2.05) is 0 Å². The van der Waals surface area contributed by atoms with Crippen molar-refractivity contribution in [3.05, 3.63) is 53.1 Å². The Labute approximate surface area is 191 Å². The van der Waals surface area contributed by atoms with Crippen molar-refractivity contribution in [2.75, 3.05) is 10.6 Å². The first-order valence-electron chi connectivity index (χ1n) is 9.45. The Morgan fingerprint density at radius 3 is 2.44 bits per heavy atom. The van der Waals surface area contributed by atoms with E-state index in [1.54, 1.807) is 31.2 Å². The topological polar surface area (TPSA) is 95.5 Å². The average Bonchev–Trinajstić information content (AvgIpc) is 2.71. The van der Waals surface area contributed by atoms with Gasteiger partial charge >= 0.3 is 12.1 Å². The van der Waals surface area contributed by atoms with Crippen molar-refractivity contribution in [2.45, 2.75) is 42.5 Å². The molecule has 0 radical (unpaired) electrons. The quantitative estimate of drug-likeness (QED) is 0.395. The summed E-state index contributed by atoms with van der Waals surface area (Å²) in [6, 6.07) is 9.30. The van der Waals surface area contributed by atoms with Crippen LogP contribution in [0.3, 0.4) is 0 Å². The molecular formula is C21H20ClF3N2O4S. The highest BCUT2D eigenvalue weighted by Crippen LogP contribution is 2.35. The Bertz CT molecular complexity index is 1000. The third kappa shape index (κ3) is 7.76. The number of amides is 2. The highest BCUT2D eigenvalue weighted by atomic mass is 35.5. The normalized spacial score (nSPS) is 12.2. The fraction of sp³-hybridized carbons (Fsp3) is 0.286. The van der Waals surface area contributed by atoms with E-state index in [0.717, 1.165) is 18.2 Å². The second kappa shape index (κ2) is 11.2. The summed E-state index contributed by atoms with van der Waals surface area (Å²) >= 11 is 7.12. The van der Waals surface area contributed by atoms with Gasteiger partial charge in [0.05, 0.1) is 27.9 Å². The van der Waals surface area contributed by atoms with Crippen LogP contribution in [-0.4, -0.2) is 28.1 Å². The summed E-state index contributed by atoms with van der Waals surface area (Å²) < 4.78 is 38.8. The Hall–Kier alpha value is -2.72. The number of carboxylic acid groups (broad SMARTS) is 1. The number of thioether (sulfide) groups is 1. The van der Waals surface area contributed by atoms with Gasteiger partial charge in [-0.05, 0) is 42.8 Å². The van der Waals surface area contributed by atoms with Crippen molar-refractivity contribution in [3.63, 3.8) is 0 Å². The predicted octanol–water partition coefficient (Wildman–Crippen LogP) is 5.67. The number of benzene rings is 2. The van der Waals surface area contributed by atoms with Crippen molar-refractivity contribution in [1.29, 1.82) is 0 Å². The van der Waals surface area contributed by atoms with Crippen molar-refractivity contribution in [1.82, 2.24) is 0 Å². The first-order valence-corrected chi connectivity index (χ1v) is 10.7. The number of hydrogen-bond acceptors (Lipinski definition) is 4. The van der Waals surface area contributed by atoms with Crippen molar-refractivity contribution in [2.24, 2.45) is 0 Å². The lowest BCUT2D eigenvalue weighted by atomic mass is 10.2. The van der Waals surface area contributed by atoms with E-state index < -0.39 is 34.8 Å². The second-order valence-electron chi connectivity index (χ2n) is 6.67. The van der Waals surface area contributed by atoms with E-state index in [0.29, 0.717) is 17.0 Å². The number of nitrogens with one attached hydrogen (secondary N) is 2. The minimum absolute atomic E-state index is 0.0164. The molecule has 0 saturated carbocycles. The van der Waals surface area contributed by atoms with E-state index in [9.17, 15) is 27.6 Å². The van der Waals surface area contributed by atoms with Crippen LogP contribution in [0.2, 0.25) is 5.02 Å². The largest absolute Gasteiger partial charge is 0.481 e. The van der Waals surface area contributed by atoms with Gasteiger partial charge in [0.1, 0.15) is 0 Å². The van der Waals surface area contributed by atoms with Crippen LogP contribution in [0.1, 0.15) is 31.7 Å². The third-order valence-electron chi connectivity index (χ3n) is 4.18. The maximum atomic E-state index is 12.9. The molecule has 0 aliphatic rings. The number of alkyl halides is 3. The summed E-state index contributed by atoms with van der Waals surface area (Å²) in [6.07, 6.45) is -4.67. The maximum absolute atomic E-state index is 12.9. The number of rotatable bonds is 9. The molecule has 2 aromatic rings. The number of anilines is 2. The number of carbonyl (C=O) groups excluding carboxylic acids is 2. The summed E-state index contributed by atoms with van der Waals surface area (Å²) in [5.74, 6) is -2.06. The third-order valence-corrected chi connectivity index (χ3v) is 5.86. The number of carbonyl (C=O) groups is 3. The van der Waals surface area contributed by atoms with E-state index in [4.69, 9.17) is 16.7 Å². The molecule has 2 amide bonds. The molecule has 0 aromatic heterocycles. The minimum atomic E-state index is -4.57. The Morgan fingerprint density at radius 2 is 1.81 bits per heavy atom. The van der Waals surface area contributed by atoms with Crippen LogP contribution in [0.15, 0.2) is 47.4 Å². The lowest BCUT2D eigenvalue weighted by Gasteiger charge is -2.17. The van der Waals surface area contributed by atoms with Gasteiger partial charge < -0.3 is 15.7 Å². The van der Waals surface area contributed by atoms with Crippen LogP contribution in [-0.2, 0) is 20.6 Å².